The molecule has 88 valence electrons. The van der Waals surface area contributed by atoms with E-state index in [1.165, 1.54) is 15.4 Å². The van der Waals surface area contributed by atoms with Crippen LogP contribution in [0.2, 0.25) is 0 Å². The van der Waals surface area contributed by atoms with Crippen LogP contribution in [0, 0.1) is 0 Å². The van der Waals surface area contributed by atoms with Crippen molar-refractivity contribution < 1.29 is 0 Å². The highest BCUT2D eigenvalue weighted by atomic mass is 32.1. The fraction of sp³-hybridized carbons (Fsp3) is 0.286. The summed E-state index contributed by atoms with van der Waals surface area (Å²) >= 11 is 1.89. The number of nitrogens with one attached hydrogen (secondary N) is 1. The molecule has 0 bridgehead atoms. The fourth-order valence-electron chi connectivity index (χ4n) is 2.14. The number of benzene rings is 1. The fourth-order valence-corrected chi connectivity index (χ4v) is 3.20. The molecule has 0 atom stereocenters. The van der Waals surface area contributed by atoms with Crippen molar-refractivity contribution >= 4 is 16.3 Å². The number of rotatable bonds is 2. The standard InChI is InChI=1S/C14H16N2S/c1-2-4-12(5-3-1)13-6-7-14(17-13)16-10-8-15-9-11-16/h1-7,15H,8-11H2. The van der Waals surface area contributed by atoms with Gasteiger partial charge in [-0.1, -0.05) is 30.3 Å². The van der Waals surface area contributed by atoms with E-state index in [2.05, 4.69) is 52.7 Å². The van der Waals surface area contributed by atoms with Crippen LogP contribution in [-0.4, -0.2) is 26.2 Å². The van der Waals surface area contributed by atoms with Gasteiger partial charge in [0.1, 0.15) is 0 Å². The number of hydrogen-bond donors (Lipinski definition) is 1. The Hall–Kier alpha value is -1.32. The molecule has 2 heterocycles. The Labute approximate surface area is 106 Å². The minimum absolute atomic E-state index is 1.10. The van der Waals surface area contributed by atoms with Crippen molar-refractivity contribution in [1.29, 1.82) is 0 Å². The molecule has 1 aromatic heterocycles. The van der Waals surface area contributed by atoms with Crippen LogP contribution in [0.5, 0.6) is 0 Å². The van der Waals surface area contributed by atoms with E-state index < -0.39 is 0 Å². The smallest absolute Gasteiger partial charge is 0.0915 e. The molecule has 1 aliphatic heterocycles. The molecule has 0 amide bonds. The van der Waals surface area contributed by atoms with Crippen LogP contribution < -0.4 is 10.2 Å². The average Bonchev–Trinajstić information content (AvgIpc) is 2.90. The molecule has 3 rings (SSSR count). The maximum Gasteiger partial charge on any atom is 0.0915 e. The van der Waals surface area contributed by atoms with E-state index in [0.29, 0.717) is 0 Å². The van der Waals surface area contributed by atoms with Crippen molar-refractivity contribution in [2.45, 2.75) is 0 Å². The number of thiophene rings is 1. The molecule has 0 aliphatic carbocycles. The summed E-state index contributed by atoms with van der Waals surface area (Å²) in [6.45, 7) is 4.43. The molecule has 3 heteroatoms. The van der Waals surface area contributed by atoms with Crippen LogP contribution in [0.1, 0.15) is 0 Å². The Morgan fingerprint density at radius 3 is 2.47 bits per heavy atom. The van der Waals surface area contributed by atoms with E-state index in [-0.39, 0.29) is 0 Å². The van der Waals surface area contributed by atoms with Gasteiger partial charge in [-0.3, -0.25) is 0 Å². The molecule has 17 heavy (non-hydrogen) atoms. The van der Waals surface area contributed by atoms with Gasteiger partial charge >= 0.3 is 0 Å². The monoisotopic (exact) mass is 244 g/mol. The normalized spacial score (nSPS) is 16.1. The van der Waals surface area contributed by atoms with Crippen molar-refractivity contribution in [2.24, 2.45) is 0 Å². The van der Waals surface area contributed by atoms with Crippen molar-refractivity contribution in [3.8, 4) is 10.4 Å². The van der Waals surface area contributed by atoms with Crippen LogP contribution in [0.25, 0.3) is 10.4 Å². The zero-order valence-electron chi connectivity index (χ0n) is 9.73. The largest absolute Gasteiger partial charge is 0.361 e. The first-order valence-corrected chi connectivity index (χ1v) is 6.86. The maximum atomic E-state index is 3.39. The molecule has 2 nitrogen and oxygen atoms in total. The van der Waals surface area contributed by atoms with Crippen molar-refractivity contribution in [1.82, 2.24) is 5.32 Å². The summed E-state index contributed by atoms with van der Waals surface area (Å²) in [5.41, 5.74) is 1.32. The molecule has 1 fully saturated rings. The van der Waals surface area contributed by atoms with Crippen LogP contribution >= 0.6 is 11.3 Å². The lowest BCUT2D eigenvalue weighted by atomic mass is 10.2. The lowest BCUT2D eigenvalue weighted by Crippen LogP contribution is -2.43. The highest BCUT2D eigenvalue weighted by molar-refractivity contribution is 7.19. The summed E-state index contributed by atoms with van der Waals surface area (Å²) in [6, 6.07) is 15.1. The highest BCUT2D eigenvalue weighted by Crippen LogP contribution is 2.33. The molecule has 1 N–H and O–H groups in total. The molecule has 2 aromatic rings. The topological polar surface area (TPSA) is 15.3 Å². The van der Waals surface area contributed by atoms with Gasteiger partial charge in [0.05, 0.1) is 5.00 Å². The second-order valence-electron chi connectivity index (χ2n) is 4.24. The van der Waals surface area contributed by atoms with Crippen LogP contribution in [-0.2, 0) is 0 Å². The number of anilines is 1. The molecular formula is C14H16N2S. The van der Waals surface area contributed by atoms with Gasteiger partial charge in [-0.15, -0.1) is 11.3 Å². The highest BCUT2D eigenvalue weighted by Gasteiger charge is 2.12. The van der Waals surface area contributed by atoms with Crippen LogP contribution in [0.15, 0.2) is 42.5 Å². The van der Waals surface area contributed by atoms with Crippen molar-refractivity contribution in [3.63, 3.8) is 0 Å². The molecule has 0 unspecified atom stereocenters. The first kappa shape index (κ1) is 10.8. The summed E-state index contributed by atoms with van der Waals surface area (Å²) in [5.74, 6) is 0. The lowest BCUT2D eigenvalue weighted by molar-refractivity contribution is 0.592. The molecule has 0 spiro atoms. The van der Waals surface area contributed by atoms with Crippen LogP contribution in [0.3, 0.4) is 0 Å². The third kappa shape index (κ3) is 2.35. The summed E-state index contributed by atoms with van der Waals surface area (Å²) in [5, 5.41) is 4.78. The van der Waals surface area contributed by atoms with Gasteiger partial charge in [0.15, 0.2) is 0 Å². The third-order valence-electron chi connectivity index (χ3n) is 3.08. The van der Waals surface area contributed by atoms with E-state index >= 15 is 0 Å². The molecule has 0 saturated carbocycles. The van der Waals surface area contributed by atoms with Gasteiger partial charge in [0.25, 0.3) is 0 Å². The Balaban J connectivity index is 1.83. The van der Waals surface area contributed by atoms with Gasteiger partial charge in [0, 0.05) is 31.1 Å². The predicted octanol–water partition coefficient (Wildman–Crippen LogP) is 2.82. The first-order chi connectivity index (χ1) is 8.43. The Kier molecular flexibility index (Phi) is 3.12. The van der Waals surface area contributed by atoms with E-state index in [1.54, 1.807) is 0 Å². The molecule has 1 aromatic carbocycles. The zero-order valence-corrected chi connectivity index (χ0v) is 10.5. The van der Waals surface area contributed by atoms with Crippen molar-refractivity contribution in [2.75, 3.05) is 31.1 Å². The van der Waals surface area contributed by atoms with Gasteiger partial charge in [-0.25, -0.2) is 0 Å². The number of nitrogens with zero attached hydrogens (tertiary/aromatic N) is 1. The minimum atomic E-state index is 1.10. The van der Waals surface area contributed by atoms with E-state index in [4.69, 9.17) is 0 Å². The number of hydrogen-bond acceptors (Lipinski definition) is 3. The summed E-state index contributed by atoms with van der Waals surface area (Å²) in [7, 11) is 0. The second-order valence-corrected chi connectivity index (χ2v) is 5.30. The van der Waals surface area contributed by atoms with Crippen molar-refractivity contribution in [3.05, 3.63) is 42.5 Å². The minimum Gasteiger partial charge on any atom is -0.361 e. The second kappa shape index (κ2) is 4.90. The third-order valence-corrected chi connectivity index (χ3v) is 4.27. The summed E-state index contributed by atoms with van der Waals surface area (Å²) in [4.78, 5) is 3.83. The van der Waals surface area contributed by atoms with E-state index in [0.717, 1.165) is 26.2 Å². The van der Waals surface area contributed by atoms with E-state index in [1.807, 2.05) is 11.3 Å². The Morgan fingerprint density at radius 1 is 0.941 bits per heavy atom. The summed E-state index contributed by atoms with van der Waals surface area (Å²) in [6.07, 6.45) is 0. The number of piperazine rings is 1. The van der Waals surface area contributed by atoms with Gasteiger partial charge in [0.2, 0.25) is 0 Å². The first-order valence-electron chi connectivity index (χ1n) is 6.04. The molecule has 1 saturated heterocycles. The Morgan fingerprint density at radius 2 is 1.71 bits per heavy atom. The summed E-state index contributed by atoms with van der Waals surface area (Å²) < 4.78 is 0. The molecule has 1 aliphatic rings. The van der Waals surface area contributed by atoms with Gasteiger partial charge in [-0.05, 0) is 17.7 Å². The van der Waals surface area contributed by atoms with Crippen LogP contribution in [0.4, 0.5) is 5.00 Å². The Bertz CT molecular complexity index is 472. The SMILES string of the molecule is c1ccc(-c2ccc(N3CCNCC3)s2)cc1. The molecular weight excluding hydrogens is 228 g/mol. The lowest BCUT2D eigenvalue weighted by Gasteiger charge is -2.27. The quantitative estimate of drug-likeness (QED) is 0.874. The zero-order chi connectivity index (χ0) is 11.5. The van der Waals surface area contributed by atoms with Gasteiger partial charge in [-0.2, -0.15) is 0 Å². The molecule has 0 radical (unpaired) electrons. The van der Waals surface area contributed by atoms with E-state index in [9.17, 15) is 0 Å². The predicted molar refractivity (Wildman–Crippen MR) is 74.8 cm³/mol. The maximum absolute atomic E-state index is 3.39. The van der Waals surface area contributed by atoms with Gasteiger partial charge < -0.3 is 10.2 Å². The average molecular weight is 244 g/mol.